The molecule has 0 bridgehead atoms. The van der Waals surface area contributed by atoms with Crippen LogP contribution in [0.1, 0.15) is 30.9 Å². The van der Waals surface area contributed by atoms with Crippen LogP contribution in [0.15, 0.2) is 48.5 Å². The predicted molar refractivity (Wildman–Crippen MR) is 73.0 cm³/mol. The average Bonchev–Trinajstić information content (AvgIpc) is 2.38. The molecular formula is C16H18O2. The predicted octanol–water partition coefficient (Wildman–Crippen LogP) is 4.09. The highest BCUT2D eigenvalue weighted by Crippen LogP contribution is 2.35. The molecule has 0 heterocycles. The van der Waals surface area contributed by atoms with Gasteiger partial charge in [-0.05, 0) is 17.5 Å². The van der Waals surface area contributed by atoms with Crippen LogP contribution in [-0.4, -0.2) is 5.11 Å². The van der Waals surface area contributed by atoms with E-state index in [2.05, 4.69) is 13.8 Å². The Balaban J connectivity index is 2.19. The second-order valence-corrected chi connectivity index (χ2v) is 4.62. The monoisotopic (exact) mass is 242 g/mol. The minimum absolute atomic E-state index is 0.206. The summed E-state index contributed by atoms with van der Waals surface area (Å²) in [4.78, 5) is 0. The molecular weight excluding hydrogens is 224 g/mol. The highest BCUT2D eigenvalue weighted by molar-refractivity contribution is 5.47. The molecule has 0 saturated heterocycles. The average molecular weight is 242 g/mol. The molecule has 0 aliphatic carbocycles. The third kappa shape index (κ3) is 2.83. The lowest BCUT2D eigenvalue weighted by molar-refractivity contribution is 0.284. The molecule has 0 atom stereocenters. The number of ether oxygens (including phenoxy) is 1. The number of hydrogen-bond donors (Lipinski definition) is 1. The summed E-state index contributed by atoms with van der Waals surface area (Å²) >= 11 is 0. The molecule has 0 saturated carbocycles. The molecule has 0 unspecified atom stereocenters. The summed E-state index contributed by atoms with van der Waals surface area (Å²) in [5.74, 6) is 1.12. The van der Waals surface area contributed by atoms with E-state index in [4.69, 9.17) is 4.74 Å². The second-order valence-electron chi connectivity index (χ2n) is 4.62. The SMILES string of the molecule is CC(C)c1cccc(O)c1OCc1ccccc1. The molecule has 0 amide bonds. The van der Waals surface area contributed by atoms with Crippen LogP contribution in [0.5, 0.6) is 11.5 Å². The number of phenols is 1. The lowest BCUT2D eigenvalue weighted by Gasteiger charge is -2.15. The minimum atomic E-state index is 0.206. The highest BCUT2D eigenvalue weighted by atomic mass is 16.5. The van der Waals surface area contributed by atoms with Crippen molar-refractivity contribution >= 4 is 0 Å². The van der Waals surface area contributed by atoms with Gasteiger partial charge in [0.05, 0.1) is 0 Å². The van der Waals surface area contributed by atoms with Gasteiger partial charge in [0.15, 0.2) is 11.5 Å². The smallest absolute Gasteiger partial charge is 0.164 e. The Morgan fingerprint density at radius 3 is 2.39 bits per heavy atom. The fourth-order valence-corrected chi connectivity index (χ4v) is 1.88. The van der Waals surface area contributed by atoms with Crippen LogP contribution < -0.4 is 4.74 Å². The zero-order valence-electron chi connectivity index (χ0n) is 10.8. The fraction of sp³-hybridized carbons (Fsp3) is 0.250. The molecule has 2 heteroatoms. The zero-order chi connectivity index (χ0) is 13.0. The van der Waals surface area contributed by atoms with Crippen LogP contribution in [-0.2, 0) is 6.61 Å². The van der Waals surface area contributed by atoms with Gasteiger partial charge in [-0.15, -0.1) is 0 Å². The maximum Gasteiger partial charge on any atom is 0.164 e. The van der Waals surface area contributed by atoms with E-state index in [1.165, 1.54) is 0 Å². The summed E-state index contributed by atoms with van der Waals surface area (Å²) in [5.41, 5.74) is 2.13. The first-order chi connectivity index (χ1) is 8.68. The molecule has 2 nitrogen and oxygen atoms in total. The van der Waals surface area contributed by atoms with Crippen LogP contribution in [0.2, 0.25) is 0 Å². The van der Waals surface area contributed by atoms with Crippen LogP contribution in [0.25, 0.3) is 0 Å². The number of para-hydroxylation sites is 1. The van der Waals surface area contributed by atoms with E-state index in [9.17, 15) is 5.11 Å². The Morgan fingerprint density at radius 2 is 1.72 bits per heavy atom. The summed E-state index contributed by atoms with van der Waals surface area (Å²) < 4.78 is 5.77. The van der Waals surface area contributed by atoms with Crippen molar-refractivity contribution in [2.45, 2.75) is 26.4 Å². The van der Waals surface area contributed by atoms with Crippen molar-refractivity contribution in [3.8, 4) is 11.5 Å². The normalized spacial score (nSPS) is 10.6. The molecule has 2 rings (SSSR count). The zero-order valence-corrected chi connectivity index (χ0v) is 10.8. The third-order valence-corrected chi connectivity index (χ3v) is 2.87. The van der Waals surface area contributed by atoms with Crippen molar-refractivity contribution in [1.82, 2.24) is 0 Å². The van der Waals surface area contributed by atoms with Crippen LogP contribution in [0, 0.1) is 0 Å². The number of benzene rings is 2. The minimum Gasteiger partial charge on any atom is -0.504 e. The maximum atomic E-state index is 9.89. The van der Waals surface area contributed by atoms with Crippen molar-refractivity contribution in [3.63, 3.8) is 0 Å². The van der Waals surface area contributed by atoms with Gasteiger partial charge in [-0.2, -0.15) is 0 Å². The largest absolute Gasteiger partial charge is 0.504 e. The lowest BCUT2D eigenvalue weighted by atomic mass is 10.0. The van der Waals surface area contributed by atoms with Crippen molar-refractivity contribution in [1.29, 1.82) is 0 Å². The van der Waals surface area contributed by atoms with Gasteiger partial charge in [-0.1, -0.05) is 56.3 Å². The second kappa shape index (κ2) is 5.58. The molecule has 0 radical (unpaired) electrons. The Kier molecular flexibility index (Phi) is 3.88. The van der Waals surface area contributed by atoms with Gasteiger partial charge in [0.1, 0.15) is 6.61 Å². The van der Waals surface area contributed by atoms with Gasteiger partial charge in [0.25, 0.3) is 0 Å². The van der Waals surface area contributed by atoms with Gasteiger partial charge in [-0.25, -0.2) is 0 Å². The topological polar surface area (TPSA) is 29.5 Å². The fourth-order valence-electron chi connectivity index (χ4n) is 1.88. The van der Waals surface area contributed by atoms with E-state index in [-0.39, 0.29) is 5.75 Å². The molecule has 2 aromatic carbocycles. The van der Waals surface area contributed by atoms with Crippen LogP contribution >= 0.6 is 0 Å². The summed E-state index contributed by atoms with van der Waals surface area (Å²) in [6.45, 7) is 4.65. The van der Waals surface area contributed by atoms with Crippen LogP contribution in [0.3, 0.4) is 0 Å². The van der Waals surface area contributed by atoms with E-state index in [1.54, 1.807) is 6.07 Å². The standard InChI is InChI=1S/C16H18O2/c1-12(2)14-9-6-10-15(17)16(14)18-11-13-7-4-3-5-8-13/h3-10,12,17H,11H2,1-2H3. The Hall–Kier alpha value is -1.96. The molecule has 1 N–H and O–H groups in total. The Bertz CT molecular complexity index is 504. The summed E-state index contributed by atoms with van der Waals surface area (Å²) in [5, 5.41) is 9.89. The first-order valence-corrected chi connectivity index (χ1v) is 6.17. The third-order valence-electron chi connectivity index (χ3n) is 2.87. The van der Waals surface area contributed by atoms with E-state index in [0.29, 0.717) is 18.3 Å². The number of rotatable bonds is 4. The van der Waals surface area contributed by atoms with Crippen molar-refractivity contribution < 1.29 is 9.84 Å². The highest BCUT2D eigenvalue weighted by Gasteiger charge is 2.12. The van der Waals surface area contributed by atoms with Gasteiger partial charge in [0, 0.05) is 5.56 Å². The summed E-state index contributed by atoms with van der Waals surface area (Å²) in [7, 11) is 0. The van der Waals surface area contributed by atoms with Gasteiger partial charge in [-0.3, -0.25) is 0 Å². The van der Waals surface area contributed by atoms with E-state index >= 15 is 0 Å². The van der Waals surface area contributed by atoms with Gasteiger partial charge < -0.3 is 9.84 Å². The number of phenolic OH excluding ortho intramolecular Hbond substituents is 1. The Labute approximate surface area is 108 Å². The molecule has 0 aromatic heterocycles. The van der Waals surface area contributed by atoms with Crippen molar-refractivity contribution in [2.75, 3.05) is 0 Å². The van der Waals surface area contributed by atoms with E-state index in [0.717, 1.165) is 11.1 Å². The van der Waals surface area contributed by atoms with Gasteiger partial charge in [0.2, 0.25) is 0 Å². The van der Waals surface area contributed by atoms with Crippen molar-refractivity contribution in [3.05, 3.63) is 59.7 Å². The van der Waals surface area contributed by atoms with Gasteiger partial charge >= 0.3 is 0 Å². The maximum absolute atomic E-state index is 9.89. The quantitative estimate of drug-likeness (QED) is 0.874. The molecule has 0 fully saturated rings. The van der Waals surface area contributed by atoms with E-state index in [1.807, 2.05) is 42.5 Å². The van der Waals surface area contributed by atoms with Crippen molar-refractivity contribution in [2.24, 2.45) is 0 Å². The molecule has 0 aliphatic heterocycles. The summed E-state index contributed by atoms with van der Waals surface area (Å²) in [6, 6.07) is 15.4. The molecule has 18 heavy (non-hydrogen) atoms. The van der Waals surface area contributed by atoms with E-state index < -0.39 is 0 Å². The first kappa shape index (κ1) is 12.5. The molecule has 0 aliphatic rings. The first-order valence-electron chi connectivity index (χ1n) is 6.17. The summed E-state index contributed by atoms with van der Waals surface area (Å²) in [6.07, 6.45) is 0. The lowest BCUT2D eigenvalue weighted by Crippen LogP contribution is -2.00. The number of hydrogen-bond acceptors (Lipinski definition) is 2. The van der Waals surface area contributed by atoms with Crippen LogP contribution in [0.4, 0.5) is 0 Å². The Morgan fingerprint density at radius 1 is 1.00 bits per heavy atom. The molecule has 94 valence electrons. The molecule has 0 spiro atoms. The molecule has 2 aromatic rings. The number of aromatic hydroxyl groups is 1.